The molecule has 0 saturated carbocycles. The molecule has 104 valence electrons. The monoisotopic (exact) mass is 293 g/mol. The first-order valence-corrected chi connectivity index (χ1v) is 6.06. The van der Waals surface area contributed by atoms with Crippen molar-refractivity contribution in [3.63, 3.8) is 0 Å². The van der Waals surface area contributed by atoms with Gasteiger partial charge < -0.3 is 10.2 Å². The minimum Gasteiger partial charge on any atom is -0.378 e. The molecule has 0 saturated heterocycles. The summed E-state index contributed by atoms with van der Waals surface area (Å²) < 4.78 is 0. The summed E-state index contributed by atoms with van der Waals surface area (Å²) in [6.07, 6.45) is 1.17. The molecular weight excluding hydrogens is 282 g/mol. The van der Waals surface area contributed by atoms with E-state index < -0.39 is 4.92 Å². The second kappa shape index (κ2) is 5.70. The second-order valence-electron chi connectivity index (χ2n) is 4.19. The van der Waals surface area contributed by atoms with Crippen LogP contribution < -0.4 is 10.2 Å². The number of halogens is 1. The smallest absolute Gasteiger partial charge is 0.348 e. The lowest BCUT2D eigenvalue weighted by atomic mass is 10.2. The third kappa shape index (κ3) is 2.94. The van der Waals surface area contributed by atoms with E-state index in [4.69, 9.17) is 11.6 Å². The molecule has 0 bridgehead atoms. The number of nitrogens with zero attached hydrogens (tertiary/aromatic N) is 4. The number of nitro groups is 1. The van der Waals surface area contributed by atoms with Crippen molar-refractivity contribution >= 4 is 34.5 Å². The quantitative estimate of drug-likeness (QED) is 0.530. The fourth-order valence-corrected chi connectivity index (χ4v) is 1.81. The zero-order chi connectivity index (χ0) is 14.7. The molecule has 2 rings (SSSR count). The van der Waals surface area contributed by atoms with Crippen molar-refractivity contribution in [2.75, 3.05) is 24.3 Å². The van der Waals surface area contributed by atoms with Crippen LogP contribution in [0.5, 0.6) is 0 Å². The van der Waals surface area contributed by atoms with Gasteiger partial charge in [0.1, 0.15) is 6.33 Å². The molecular formula is C12H12ClN5O2. The van der Waals surface area contributed by atoms with Gasteiger partial charge in [0.15, 0.2) is 0 Å². The van der Waals surface area contributed by atoms with Crippen molar-refractivity contribution < 1.29 is 4.92 Å². The molecule has 8 heteroatoms. The van der Waals surface area contributed by atoms with Gasteiger partial charge in [-0.3, -0.25) is 10.1 Å². The number of nitrogens with one attached hydrogen (secondary N) is 1. The topological polar surface area (TPSA) is 84.2 Å². The van der Waals surface area contributed by atoms with Crippen LogP contribution in [0.3, 0.4) is 0 Å². The number of aromatic nitrogens is 2. The lowest BCUT2D eigenvalue weighted by Gasteiger charge is -2.14. The number of hydrogen-bond donors (Lipinski definition) is 1. The van der Waals surface area contributed by atoms with E-state index in [0.717, 1.165) is 5.69 Å². The fourth-order valence-electron chi connectivity index (χ4n) is 1.61. The number of rotatable bonds is 4. The molecule has 0 atom stereocenters. The van der Waals surface area contributed by atoms with Gasteiger partial charge in [-0.25, -0.2) is 9.97 Å². The highest BCUT2D eigenvalue weighted by Gasteiger charge is 2.21. The minimum absolute atomic E-state index is 0.0610. The highest BCUT2D eigenvalue weighted by molar-refractivity contribution is 6.31. The first-order chi connectivity index (χ1) is 9.49. The molecule has 0 fully saturated rings. The van der Waals surface area contributed by atoms with Crippen LogP contribution in [-0.2, 0) is 0 Å². The Hall–Kier alpha value is -2.41. The summed E-state index contributed by atoms with van der Waals surface area (Å²) in [6, 6.07) is 7.39. The van der Waals surface area contributed by atoms with Gasteiger partial charge in [0, 0.05) is 25.5 Å². The van der Waals surface area contributed by atoms with Crippen molar-refractivity contribution in [1.82, 2.24) is 9.97 Å². The molecule has 0 unspecified atom stereocenters. The maximum Gasteiger partial charge on any atom is 0.348 e. The number of anilines is 3. The van der Waals surface area contributed by atoms with E-state index in [-0.39, 0.29) is 16.7 Å². The third-order valence-electron chi connectivity index (χ3n) is 2.59. The summed E-state index contributed by atoms with van der Waals surface area (Å²) in [5.74, 6) is 0.0610. The molecule has 0 spiro atoms. The van der Waals surface area contributed by atoms with Gasteiger partial charge in [-0.1, -0.05) is 17.7 Å². The molecule has 0 aliphatic carbocycles. The van der Waals surface area contributed by atoms with E-state index in [2.05, 4.69) is 15.3 Å². The highest BCUT2D eigenvalue weighted by Crippen LogP contribution is 2.31. The van der Waals surface area contributed by atoms with Crippen LogP contribution in [0, 0.1) is 10.1 Å². The van der Waals surface area contributed by atoms with Crippen molar-refractivity contribution in [2.45, 2.75) is 0 Å². The molecule has 0 aliphatic rings. The molecule has 7 nitrogen and oxygen atoms in total. The molecule has 1 N–H and O–H groups in total. The standard InChI is InChI=1S/C12H12ClN5O2/c1-17(2)9-5-3-4-8(6-9)16-12-10(18(19)20)11(13)14-7-15-12/h3-7H,1-2H3,(H,14,15,16). The largest absolute Gasteiger partial charge is 0.378 e. The van der Waals surface area contributed by atoms with Crippen LogP contribution in [0.15, 0.2) is 30.6 Å². The van der Waals surface area contributed by atoms with Gasteiger partial charge in [-0.15, -0.1) is 0 Å². The molecule has 1 aromatic carbocycles. The average Bonchev–Trinajstić information content (AvgIpc) is 2.38. The minimum atomic E-state index is -0.611. The van der Waals surface area contributed by atoms with Crippen molar-refractivity contribution in [3.05, 3.63) is 45.9 Å². The normalized spacial score (nSPS) is 10.2. The fraction of sp³-hybridized carbons (Fsp3) is 0.167. The summed E-state index contributed by atoms with van der Waals surface area (Å²) in [6.45, 7) is 0. The number of hydrogen-bond acceptors (Lipinski definition) is 6. The Morgan fingerprint density at radius 1 is 1.35 bits per heavy atom. The average molecular weight is 294 g/mol. The van der Waals surface area contributed by atoms with Gasteiger partial charge in [0.25, 0.3) is 0 Å². The summed E-state index contributed by atoms with van der Waals surface area (Å²) >= 11 is 5.73. The molecule has 0 amide bonds. The van der Waals surface area contributed by atoms with Crippen LogP contribution in [0.2, 0.25) is 5.15 Å². The van der Waals surface area contributed by atoms with E-state index in [1.807, 2.05) is 37.2 Å². The highest BCUT2D eigenvalue weighted by atomic mass is 35.5. The Kier molecular flexibility index (Phi) is 3.99. The van der Waals surface area contributed by atoms with Crippen LogP contribution >= 0.6 is 11.6 Å². The van der Waals surface area contributed by atoms with Crippen molar-refractivity contribution in [2.24, 2.45) is 0 Å². The molecule has 1 heterocycles. The maximum atomic E-state index is 11.0. The Morgan fingerprint density at radius 3 is 2.75 bits per heavy atom. The lowest BCUT2D eigenvalue weighted by molar-refractivity contribution is -0.384. The second-order valence-corrected chi connectivity index (χ2v) is 4.55. The van der Waals surface area contributed by atoms with Crippen LogP contribution in [0.4, 0.5) is 22.9 Å². The van der Waals surface area contributed by atoms with Crippen molar-refractivity contribution in [3.8, 4) is 0 Å². The lowest BCUT2D eigenvalue weighted by Crippen LogP contribution is -2.08. The van der Waals surface area contributed by atoms with E-state index in [1.165, 1.54) is 6.33 Å². The summed E-state index contributed by atoms with van der Waals surface area (Å²) in [5.41, 5.74) is 1.29. The maximum absolute atomic E-state index is 11.0. The Labute approximate surface area is 120 Å². The van der Waals surface area contributed by atoms with Gasteiger partial charge >= 0.3 is 5.69 Å². The predicted molar refractivity (Wildman–Crippen MR) is 77.7 cm³/mol. The molecule has 20 heavy (non-hydrogen) atoms. The zero-order valence-electron chi connectivity index (χ0n) is 10.9. The van der Waals surface area contributed by atoms with Gasteiger partial charge in [0.05, 0.1) is 4.92 Å². The predicted octanol–water partition coefficient (Wildman–Crippen LogP) is 2.85. The van der Waals surface area contributed by atoms with E-state index >= 15 is 0 Å². The molecule has 2 aromatic rings. The van der Waals surface area contributed by atoms with Crippen LogP contribution in [0.25, 0.3) is 0 Å². The van der Waals surface area contributed by atoms with E-state index in [0.29, 0.717) is 5.69 Å². The Balaban J connectivity index is 2.38. The Morgan fingerprint density at radius 2 is 2.10 bits per heavy atom. The van der Waals surface area contributed by atoms with E-state index in [1.54, 1.807) is 6.07 Å². The summed E-state index contributed by atoms with van der Waals surface area (Å²) in [5, 5.41) is 13.7. The van der Waals surface area contributed by atoms with Gasteiger partial charge in [-0.2, -0.15) is 0 Å². The van der Waals surface area contributed by atoms with Crippen LogP contribution in [-0.4, -0.2) is 29.0 Å². The third-order valence-corrected chi connectivity index (χ3v) is 2.86. The summed E-state index contributed by atoms with van der Waals surface area (Å²) in [7, 11) is 3.81. The Bertz CT molecular complexity index is 647. The van der Waals surface area contributed by atoms with Gasteiger partial charge in [0.2, 0.25) is 11.0 Å². The SMILES string of the molecule is CN(C)c1cccc(Nc2ncnc(Cl)c2[N+](=O)[O-])c1. The summed E-state index contributed by atoms with van der Waals surface area (Å²) in [4.78, 5) is 19.8. The van der Waals surface area contributed by atoms with Gasteiger partial charge in [-0.05, 0) is 18.2 Å². The molecule has 1 aromatic heterocycles. The van der Waals surface area contributed by atoms with Crippen molar-refractivity contribution in [1.29, 1.82) is 0 Å². The molecule has 0 aliphatic heterocycles. The zero-order valence-corrected chi connectivity index (χ0v) is 11.6. The molecule has 0 radical (unpaired) electrons. The first-order valence-electron chi connectivity index (χ1n) is 5.68. The number of benzene rings is 1. The first kappa shape index (κ1) is 14.0. The van der Waals surface area contributed by atoms with E-state index in [9.17, 15) is 10.1 Å². The van der Waals surface area contributed by atoms with Crippen LogP contribution in [0.1, 0.15) is 0 Å².